The number of para-hydroxylation sites is 1. The van der Waals surface area contributed by atoms with E-state index in [1.54, 1.807) is 24.2 Å². The van der Waals surface area contributed by atoms with Crippen molar-refractivity contribution in [3.05, 3.63) is 34.7 Å². The lowest BCUT2D eigenvalue weighted by Crippen LogP contribution is -2.47. The molecule has 0 saturated carbocycles. The van der Waals surface area contributed by atoms with Gasteiger partial charge in [0.1, 0.15) is 12.3 Å². The van der Waals surface area contributed by atoms with Crippen molar-refractivity contribution in [2.75, 3.05) is 20.2 Å². The largest absolute Gasteiger partial charge is 0.496 e. The standard InChI is InChI=1S/C19H22N2O4S/c1-13-7-5-6-10-20(13)17(22)12-21-18(23)16(26-19(21)24)11-14-8-3-4-9-15(14)25-2/h3-4,8-9,11,13H,5-7,10,12H2,1-2H3/b16-11-/t13-/m0/s1. The van der Waals surface area contributed by atoms with E-state index < -0.39 is 11.1 Å². The van der Waals surface area contributed by atoms with Gasteiger partial charge in [-0.15, -0.1) is 0 Å². The highest BCUT2D eigenvalue weighted by molar-refractivity contribution is 8.18. The molecule has 1 atom stereocenters. The quantitative estimate of drug-likeness (QED) is 0.758. The average Bonchev–Trinajstić information content (AvgIpc) is 2.90. The molecule has 1 aromatic carbocycles. The molecular formula is C19H22N2O4S. The number of carbonyl (C=O) groups excluding carboxylic acids is 3. The normalized spacial score (nSPS) is 22.2. The Balaban J connectivity index is 1.74. The van der Waals surface area contributed by atoms with Crippen LogP contribution in [0.15, 0.2) is 29.2 Å². The van der Waals surface area contributed by atoms with Gasteiger partial charge in [0.15, 0.2) is 0 Å². The molecule has 26 heavy (non-hydrogen) atoms. The summed E-state index contributed by atoms with van der Waals surface area (Å²) in [6, 6.07) is 7.42. The molecule has 138 valence electrons. The van der Waals surface area contributed by atoms with Gasteiger partial charge in [-0.2, -0.15) is 0 Å². The van der Waals surface area contributed by atoms with Crippen LogP contribution in [0.1, 0.15) is 31.7 Å². The number of hydrogen-bond acceptors (Lipinski definition) is 5. The van der Waals surface area contributed by atoms with E-state index in [1.165, 1.54) is 0 Å². The maximum Gasteiger partial charge on any atom is 0.294 e. The second-order valence-corrected chi connectivity index (χ2v) is 7.43. The summed E-state index contributed by atoms with van der Waals surface area (Å²) in [5.74, 6) is 0.0273. The Labute approximate surface area is 157 Å². The molecule has 0 N–H and O–H groups in total. The van der Waals surface area contributed by atoms with E-state index in [9.17, 15) is 14.4 Å². The van der Waals surface area contributed by atoms with Gasteiger partial charge >= 0.3 is 0 Å². The molecular weight excluding hydrogens is 352 g/mol. The number of hydrogen-bond donors (Lipinski definition) is 0. The van der Waals surface area contributed by atoms with Crippen LogP contribution >= 0.6 is 11.8 Å². The molecule has 2 aliphatic rings. The van der Waals surface area contributed by atoms with Crippen molar-refractivity contribution in [2.45, 2.75) is 32.2 Å². The number of imide groups is 1. The Morgan fingerprint density at radius 2 is 2.08 bits per heavy atom. The molecule has 0 unspecified atom stereocenters. The van der Waals surface area contributed by atoms with Crippen LogP contribution in [0.4, 0.5) is 4.79 Å². The third-order valence-corrected chi connectivity index (χ3v) is 5.62. The van der Waals surface area contributed by atoms with Gasteiger partial charge in [0.25, 0.3) is 11.1 Å². The first-order valence-corrected chi connectivity index (χ1v) is 9.50. The van der Waals surface area contributed by atoms with Gasteiger partial charge in [-0.05, 0) is 50.1 Å². The SMILES string of the molecule is COc1ccccc1/C=C1\SC(=O)N(CC(=O)N2CCCC[C@@H]2C)C1=O. The van der Waals surface area contributed by atoms with E-state index in [0.717, 1.165) is 41.5 Å². The second-order valence-electron chi connectivity index (χ2n) is 6.44. The molecule has 3 rings (SSSR count). The monoisotopic (exact) mass is 374 g/mol. The van der Waals surface area contributed by atoms with Crippen LogP contribution in [0.25, 0.3) is 6.08 Å². The zero-order valence-corrected chi connectivity index (χ0v) is 15.8. The van der Waals surface area contributed by atoms with Crippen molar-refractivity contribution in [2.24, 2.45) is 0 Å². The molecule has 2 aliphatic heterocycles. The fraction of sp³-hybridized carbons (Fsp3) is 0.421. The third kappa shape index (κ3) is 3.77. The molecule has 2 heterocycles. The van der Waals surface area contributed by atoms with Crippen LogP contribution in [-0.4, -0.2) is 53.1 Å². The van der Waals surface area contributed by atoms with E-state index in [4.69, 9.17) is 4.74 Å². The molecule has 6 nitrogen and oxygen atoms in total. The number of amides is 3. The number of ether oxygens (including phenoxy) is 1. The number of nitrogens with zero attached hydrogens (tertiary/aromatic N) is 2. The van der Waals surface area contributed by atoms with Gasteiger partial charge < -0.3 is 9.64 Å². The van der Waals surface area contributed by atoms with E-state index in [0.29, 0.717) is 17.2 Å². The summed E-state index contributed by atoms with van der Waals surface area (Å²) in [6.07, 6.45) is 4.67. The number of likely N-dealkylation sites (tertiary alicyclic amines) is 1. The van der Waals surface area contributed by atoms with Gasteiger partial charge in [0.05, 0.1) is 12.0 Å². The van der Waals surface area contributed by atoms with E-state index in [2.05, 4.69) is 0 Å². The second kappa shape index (κ2) is 7.95. The Hall–Kier alpha value is -2.28. The fourth-order valence-corrected chi connectivity index (χ4v) is 4.09. The first-order chi connectivity index (χ1) is 12.5. The predicted molar refractivity (Wildman–Crippen MR) is 101 cm³/mol. The van der Waals surface area contributed by atoms with E-state index in [1.807, 2.05) is 25.1 Å². The van der Waals surface area contributed by atoms with Crippen LogP contribution in [0.2, 0.25) is 0 Å². The fourth-order valence-electron chi connectivity index (χ4n) is 3.26. The summed E-state index contributed by atoms with van der Waals surface area (Å²) < 4.78 is 5.28. The minimum Gasteiger partial charge on any atom is -0.496 e. The van der Waals surface area contributed by atoms with Gasteiger partial charge in [0.2, 0.25) is 5.91 Å². The van der Waals surface area contributed by atoms with Crippen LogP contribution in [0, 0.1) is 0 Å². The molecule has 0 radical (unpaired) electrons. The lowest BCUT2D eigenvalue weighted by molar-refractivity contribution is -0.138. The van der Waals surface area contributed by atoms with Gasteiger partial charge in [-0.3, -0.25) is 19.3 Å². The zero-order valence-electron chi connectivity index (χ0n) is 14.9. The van der Waals surface area contributed by atoms with Gasteiger partial charge in [-0.25, -0.2) is 0 Å². The summed E-state index contributed by atoms with van der Waals surface area (Å²) in [7, 11) is 1.55. The summed E-state index contributed by atoms with van der Waals surface area (Å²) in [6.45, 7) is 2.50. The Morgan fingerprint density at radius 1 is 1.31 bits per heavy atom. The molecule has 0 bridgehead atoms. The van der Waals surface area contributed by atoms with Crippen molar-refractivity contribution >= 4 is 34.9 Å². The molecule has 0 aromatic heterocycles. The lowest BCUT2D eigenvalue weighted by Gasteiger charge is -2.34. The third-order valence-electron chi connectivity index (χ3n) is 4.72. The minimum atomic E-state index is -0.427. The Morgan fingerprint density at radius 3 is 2.81 bits per heavy atom. The Bertz CT molecular complexity index is 762. The van der Waals surface area contributed by atoms with Crippen LogP contribution in [-0.2, 0) is 9.59 Å². The maximum absolute atomic E-state index is 12.6. The van der Waals surface area contributed by atoms with Gasteiger partial charge in [-0.1, -0.05) is 18.2 Å². The lowest BCUT2D eigenvalue weighted by atomic mass is 10.0. The number of methoxy groups -OCH3 is 1. The highest BCUT2D eigenvalue weighted by Crippen LogP contribution is 2.34. The highest BCUT2D eigenvalue weighted by Gasteiger charge is 2.38. The summed E-state index contributed by atoms with van der Waals surface area (Å²) in [4.78, 5) is 40.6. The molecule has 2 saturated heterocycles. The predicted octanol–water partition coefficient (Wildman–Crippen LogP) is 3.13. The van der Waals surface area contributed by atoms with Crippen molar-refractivity contribution in [3.63, 3.8) is 0 Å². The van der Waals surface area contributed by atoms with Crippen molar-refractivity contribution in [1.82, 2.24) is 9.80 Å². The molecule has 7 heteroatoms. The number of carbonyl (C=O) groups is 3. The Kier molecular flexibility index (Phi) is 5.66. The van der Waals surface area contributed by atoms with Crippen molar-refractivity contribution in [3.8, 4) is 5.75 Å². The molecule has 1 aromatic rings. The average molecular weight is 374 g/mol. The minimum absolute atomic E-state index is 0.153. The number of piperidine rings is 1. The number of benzene rings is 1. The van der Waals surface area contributed by atoms with Gasteiger partial charge in [0, 0.05) is 18.2 Å². The summed E-state index contributed by atoms with van der Waals surface area (Å²) in [5.41, 5.74) is 0.719. The number of rotatable bonds is 4. The van der Waals surface area contributed by atoms with E-state index >= 15 is 0 Å². The maximum atomic E-state index is 12.6. The molecule has 0 aliphatic carbocycles. The van der Waals surface area contributed by atoms with Crippen molar-refractivity contribution < 1.29 is 19.1 Å². The highest BCUT2D eigenvalue weighted by atomic mass is 32.2. The zero-order chi connectivity index (χ0) is 18.7. The first-order valence-electron chi connectivity index (χ1n) is 8.69. The van der Waals surface area contributed by atoms with Crippen LogP contribution < -0.4 is 4.74 Å². The summed E-state index contributed by atoms with van der Waals surface area (Å²) in [5, 5.41) is -0.408. The van der Waals surface area contributed by atoms with Crippen LogP contribution in [0.5, 0.6) is 5.75 Å². The smallest absolute Gasteiger partial charge is 0.294 e. The van der Waals surface area contributed by atoms with Crippen LogP contribution in [0.3, 0.4) is 0 Å². The topological polar surface area (TPSA) is 66.9 Å². The first kappa shape index (κ1) is 18.5. The van der Waals surface area contributed by atoms with E-state index in [-0.39, 0.29) is 18.5 Å². The summed E-state index contributed by atoms with van der Waals surface area (Å²) >= 11 is 0.858. The molecule has 0 spiro atoms. The number of thioether (sulfide) groups is 1. The molecule has 2 fully saturated rings. The van der Waals surface area contributed by atoms with Crippen molar-refractivity contribution in [1.29, 1.82) is 0 Å². The molecule has 3 amide bonds.